The van der Waals surface area contributed by atoms with Crippen molar-refractivity contribution < 1.29 is 22.8 Å². The molecule has 0 spiro atoms. The first-order chi connectivity index (χ1) is 7.54. The number of rotatable bonds is 6. The van der Waals surface area contributed by atoms with Crippen molar-refractivity contribution in [2.75, 3.05) is 35.0 Å². The van der Waals surface area contributed by atoms with Crippen LogP contribution in [0.5, 0.6) is 0 Å². The maximum Gasteiger partial charge on any atom is 0.537 e. The smallest absolute Gasteiger partial charge is 0.379 e. The minimum Gasteiger partial charge on any atom is -0.379 e. The molecule has 0 N–H and O–H groups in total. The van der Waals surface area contributed by atoms with Crippen molar-refractivity contribution >= 4 is 8.80 Å². The van der Waals surface area contributed by atoms with Gasteiger partial charge in [0.2, 0.25) is 0 Å². The third-order valence-electron chi connectivity index (χ3n) is 3.55. The highest BCUT2D eigenvalue weighted by molar-refractivity contribution is 6.64. The molecule has 96 valence electrons. The number of hydrogen-bond acceptors (Lipinski definition) is 5. The minimum absolute atomic E-state index is 0.136. The van der Waals surface area contributed by atoms with E-state index in [4.69, 9.17) is 22.8 Å². The fraction of sp³-hybridized carbons (Fsp3) is 1.00. The standard InChI is InChI=1S/C10H22O5Si/c1-8-7-15-10(8,9(2)11-3)16(12-4,13-5)14-6/h8-9H,7H2,1-6H3. The molecule has 3 unspecified atom stereocenters. The molecule has 1 saturated heterocycles. The van der Waals surface area contributed by atoms with Crippen LogP contribution < -0.4 is 0 Å². The van der Waals surface area contributed by atoms with E-state index < -0.39 is 14.0 Å². The fourth-order valence-electron chi connectivity index (χ4n) is 2.49. The minimum atomic E-state index is -2.88. The lowest BCUT2D eigenvalue weighted by molar-refractivity contribution is -0.231. The van der Waals surface area contributed by atoms with Gasteiger partial charge in [0.05, 0.1) is 12.7 Å². The van der Waals surface area contributed by atoms with E-state index in [0.717, 1.165) is 0 Å². The summed E-state index contributed by atoms with van der Waals surface area (Å²) in [4.78, 5) is 0. The van der Waals surface area contributed by atoms with Gasteiger partial charge in [-0.1, -0.05) is 6.92 Å². The average Bonchev–Trinajstić information content (AvgIpc) is 2.33. The molecule has 3 atom stereocenters. The highest BCUT2D eigenvalue weighted by atomic mass is 28.4. The summed E-state index contributed by atoms with van der Waals surface area (Å²) >= 11 is 0. The predicted molar refractivity (Wildman–Crippen MR) is 61.1 cm³/mol. The summed E-state index contributed by atoms with van der Waals surface area (Å²) in [6, 6.07) is 0. The Kier molecular flexibility index (Phi) is 4.50. The summed E-state index contributed by atoms with van der Waals surface area (Å²) in [5.74, 6) is 0.286. The van der Waals surface area contributed by atoms with Gasteiger partial charge < -0.3 is 22.8 Å². The summed E-state index contributed by atoms with van der Waals surface area (Å²) in [7, 11) is 3.56. The molecule has 0 aliphatic carbocycles. The summed E-state index contributed by atoms with van der Waals surface area (Å²) in [5.41, 5.74) is 0. The first kappa shape index (κ1) is 14.1. The van der Waals surface area contributed by atoms with Crippen LogP contribution in [0.25, 0.3) is 0 Å². The molecule has 1 rings (SSSR count). The maximum absolute atomic E-state index is 5.78. The highest BCUT2D eigenvalue weighted by Gasteiger charge is 2.71. The van der Waals surface area contributed by atoms with E-state index in [0.29, 0.717) is 6.61 Å². The Morgan fingerprint density at radius 1 is 1.19 bits per heavy atom. The third-order valence-corrected chi connectivity index (χ3v) is 7.16. The van der Waals surface area contributed by atoms with Crippen LogP contribution >= 0.6 is 0 Å². The molecular weight excluding hydrogens is 228 g/mol. The summed E-state index contributed by atoms with van der Waals surface area (Å²) in [6.45, 7) is 4.73. The van der Waals surface area contributed by atoms with Gasteiger partial charge in [0.15, 0.2) is 5.22 Å². The zero-order valence-corrected chi connectivity index (χ0v) is 11.9. The molecule has 0 saturated carbocycles. The van der Waals surface area contributed by atoms with Crippen LogP contribution in [0, 0.1) is 5.92 Å². The predicted octanol–water partition coefficient (Wildman–Crippen LogP) is 0.844. The van der Waals surface area contributed by atoms with Gasteiger partial charge in [0.25, 0.3) is 0 Å². The van der Waals surface area contributed by atoms with Crippen LogP contribution in [0.15, 0.2) is 0 Å². The van der Waals surface area contributed by atoms with E-state index in [-0.39, 0.29) is 12.0 Å². The van der Waals surface area contributed by atoms with Crippen LogP contribution in [-0.2, 0) is 22.8 Å². The second kappa shape index (κ2) is 5.12. The van der Waals surface area contributed by atoms with Crippen molar-refractivity contribution in [2.24, 2.45) is 5.92 Å². The van der Waals surface area contributed by atoms with Gasteiger partial charge in [-0.2, -0.15) is 0 Å². The summed E-state index contributed by atoms with van der Waals surface area (Å²) in [6.07, 6.45) is -0.136. The molecule has 0 aromatic rings. The monoisotopic (exact) mass is 250 g/mol. The Balaban J connectivity index is 3.09. The van der Waals surface area contributed by atoms with Gasteiger partial charge in [-0.05, 0) is 6.92 Å². The Hall–Kier alpha value is 0.0169. The Morgan fingerprint density at radius 3 is 1.88 bits per heavy atom. The number of ether oxygens (including phenoxy) is 2. The molecule has 0 aromatic heterocycles. The van der Waals surface area contributed by atoms with E-state index in [1.165, 1.54) is 0 Å². The Labute approximate surface area is 98.3 Å². The van der Waals surface area contributed by atoms with Crippen molar-refractivity contribution in [2.45, 2.75) is 25.2 Å². The molecule has 6 heteroatoms. The molecule has 0 aromatic carbocycles. The molecular formula is C10H22O5Si. The first-order valence-electron chi connectivity index (χ1n) is 5.36. The van der Waals surface area contributed by atoms with Crippen molar-refractivity contribution in [3.63, 3.8) is 0 Å². The lowest BCUT2D eigenvalue weighted by atomic mass is 9.95. The van der Waals surface area contributed by atoms with Gasteiger partial charge in [0.1, 0.15) is 0 Å². The number of hydrogen-bond donors (Lipinski definition) is 0. The topological polar surface area (TPSA) is 46.2 Å². The van der Waals surface area contributed by atoms with E-state index in [1.54, 1.807) is 28.4 Å². The van der Waals surface area contributed by atoms with Crippen molar-refractivity contribution in [3.8, 4) is 0 Å². The molecule has 0 amide bonds. The molecule has 16 heavy (non-hydrogen) atoms. The average molecular weight is 250 g/mol. The third kappa shape index (κ3) is 1.64. The fourth-order valence-corrected chi connectivity index (χ4v) is 5.51. The largest absolute Gasteiger partial charge is 0.537 e. The van der Waals surface area contributed by atoms with Gasteiger partial charge in [-0.15, -0.1) is 0 Å². The SMILES string of the molecule is COC(C)C1([Si](OC)(OC)OC)OCC1C. The molecule has 1 aliphatic heterocycles. The molecule has 5 nitrogen and oxygen atoms in total. The van der Waals surface area contributed by atoms with E-state index in [9.17, 15) is 0 Å². The molecule has 1 heterocycles. The van der Waals surface area contributed by atoms with Crippen LogP contribution in [0.1, 0.15) is 13.8 Å². The molecule has 1 fully saturated rings. The van der Waals surface area contributed by atoms with Crippen molar-refractivity contribution in [3.05, 3.63) is 0 Å². The van der Waals surface area contributed by atoms with Crippen LogP contribution in [0.3, 0.4) is 0 Å². The Bertz CT molecular complexity index is 225. The van der Waals surface area contributed by atoms with Crippen LogP contribution in [0.4, 0.5) is 0 Å². The van der Waals surface area contributed by atoms with Gasteiger partial charge >= 0.3 is 8.80 Å². The van der Waals surface area contributed by atoms with Crippen molar-refractivity contribution in [1.82, 2.24) is 0 Å². The second-order valence-corrected chi connectivity index (χ2v) is 7.17. The molecule has 0 bridgehead atoms. The molecule has 0 radical (unpaired) electrons. The maximum atomic E-state index is 5.78. The normalized spacial score (nSPS) is 32.2. The van der Waals surface area contributed by atoms with E-state index >= 15 is 0 Å². The first-order valence-corrected chi connectivity index (χ1v) is 7.09. The Morgan fingerprint density at radius 2 is 1.69 bits per heavy atom. The summed E-state index contributed by atoms with van der Waals surface area (Å²) < 4.78 is 27.8. The second-order valence-electron chi connectivity index (χ2n) is 4.05. The van der Waals surface area contributed by atoms with Crippen molar-refractivity contribution in [1.29, 1.82) is 0 Å². The van der Waals surface area contributed by atoms with Crippen LogP contribution in [0.2, 0.25) is 0 Å². The van der Waals surface area contributed by atoms with Gasteiger partial charge in [-0.3, -0.25) is 0 Å². The van der Waals surface area contributed by atoms with Crippen LogP contribution in [-0.4, -0.2) is 55.2 Å². The van der Waals surface area contributed by atoms with E-state index in [1.807, 2.05) is 6.92 Å². The zero-order valence-electron chi connectivity index (χ0n) is 10.9. The quantitative estimate of drug-likeness (QED) is 0.654. The lowest BCUT2D eigenvalue weighted by Crippen LogP contribution is -2.78. The van der Waals surface area contributed by atoms with Gasteiger partial charge in [0, 0.05) is 34.4 Å². The highest BCUT2D eigenvalue weighted by Crippen LogP contribution is 2.45. The van der Waals surface area contributed by atoms with Gasteiger partial charge in [-0.25, -0.2) is 0 Å². The number of methoxy groups -OCH3 is 1. The van der Waals surface area contributed by atoms with E-state index in [2.05, 4.69) is 6.92 Å². The zero-order chi connectivity index (χ0) is 12.4. The lowest BCUT2D eigenvalue weighted by Gasteiger charge is -2.55. The molecule has 1 aliphatic rings. The summed E-state index contributed by atoms with van der Waals surface area (Å²) in [5, 5.41) is -0.597.